The van der Waals surface area contributed by atoms with Crippen LogP contribution in [0, 0.1) is 4.77 Å². The van der Waals surface area contributed by atoms with E-state index >= 15 is 0 Å². The van der Waals surface area contributed by atoms with Gasteiger partial charge in [0.15, 0.2) is 22.1 Å². The number of methoxy groups -OCH3 is 1. The second-order valence-electron chi connectivity index (χ2n) is 8.24. The number of amides is 2. The molecule has 1 saturated heterocycles. The maximum absolute atomic E-state index is 13.1. The van der Waals surface area contributed by atoms with Gasteiger partial charge in [0.25, 0.3) is 5.91 Å². The van der Waals surface area contributed by atoms with Crippen molar-refractivity contribution in [1.82, 2.24) is 24.6 Å². The molecule has 0 spiro atoms. The lowest BCUT2D eigenvalue weighted by atomic mass is 10.2. The van der Waals surface area contributed by atoms with Crippen LogP contribution in [0.25, 0.3) is 11.4 Å². The molecule has 1 fully saturated rings. The normalized spacial score (nSPS) is 17.2. The first kappa shape index (κ1) is 22.9. The monoisotopic (exact) mass is 495 g/mol. The molecule has 3 heterocycles. The number of ether oxygens (including phenoxy) is 3. The Morgan fingerprint density at radius 2 is 1.74 bits per heavy atom. The third-order valence-corrected chi connectivity index (χ3v) is 6.44. The summed E-state index contributed by atoms with van der Waals surface area (Å²) in [7, 11) is 1.60. The zero-order valence-electron chi connectivity index (χ0n) is 19.2. The molecule has 1 aromatic heterocycles. The average Bonchev–Trinajstić information content (AvgIpc) is 3.27. The topological polar surface area (TPSA) is 102 Å². The molecule has 0 radical (unpaired) electrons. The highest BCUT2D eigenvalue weighted by Gasteiger charge is 2.33. The number of nitrogens with zero attached hydrogens (tertiary/aromatic N) is 4. The van der Waals surface area contributed by atoms with Gasteiger partial charge in [0.05, 0.1) is 7.11 Å². The Kier molecular flexibility index (Phi) is 6.41. The molecule has 0 bridgehead atoms. The van der Waals surface area contributed by atoms with Crippen LogP contribution >= 0.6 is 12.2 Å². The summed E-state index contributed by atoms with van der Waals surface area (Å²) < 4.78 is 18.8. The maximum atomic E-state index is 13.1. The molecular weight excluding hydrogens is 470 g/mol. The number of benzene rings is 2. The van der Waals surface area contributed by atoms with Gasteiger partial charge in [0.1, 0.15) is 18.9 Å². The third-order valence-electron chi connectivity index (χ3n) is 6.13. The number of H-pyrrole nitrogens is 1. The van der Waals surface area contributed by atoms with E-state index in [1.807, 2.05) is 42.5 Å². The molecule has 1 unspecified atom stereocenters. The minimum absolute atomic E-state index is 0.0566. The quantitative estimate of drug-likeness (QED) is 0.541. The van der Waals surface area contributed by atoms with Crippen LogP contribution in [0.4, 0.5) is 0 Å². The van der Waals surface area contributed by atoms with E-state index in [0.29, 0.717) is 48.3 Å². The third kappa shape index (κ3) is 4.72. The largest absolute Gasteiger partial charge is 0.497 e. The number of hydrogen-bond donors (Lipinski definition) is 1. The fourth-order valence-electron chi connectivity index (χ4n) is 4.18. The first-order chi connectivity index (χ1) is 17.0. The molecule has 3 aromatic rings. The second kappa shape index (κ2) is 9.79. The van der Waals surface area contributed by atoms with Crippen molar-refractivity contribution >= 4 is 24.0 Å². The number of carbonyl (C=O) groups is 2. The van der Waals surface area contributed by atoms with Gasteiger partial charge in [0, 0.05) is 31.7 Å². The zero-order valence-corrected chi connectivity index (χ0v) is 20.0. The lowest BCUT2D eigenvalue weighted by Gasteiger charge is -2.37. The highest BCUT2D eigenvalue weighted by molar-refractivity contribution is 7.71. The molecule has 182 valence electrons. The van der Waals surface area contributed by atoms with Gasteiger partial charge in [-0.3, -0.25) is 19.3 Å². The van der Waals surface area contributed by atoms with Crippen molar-refractivity contribution in [2.24, 2.45) is 0 Å². The van der Waals surface area contributed by atoms with Crippen LogP contribution in [0.5, 0.6) is 17.2 Å². The van der Waals surface area contributed by atoms with Crippen molar-refractivity contribution in [3.05, 3.63) is 53.3 Å². The summed E-state index contributed by atoms with van der Waals surface area (Å²) in [5.74, 6) is 2.29. The van der Waals surface area contributed by atoms with Gasteiger partial charge in [0.2, 0.25) is 12.0 Å². The van der Waals surface area contributed by atoms with Gasteiger partial charge in [-0.2, -0.15) is 5.10 Å². The summed E-state index contributed by atoms with van der Waals surface area (Å²) in [6.07, 6.45) is -0.691. The van der Waals surface area contributed by atoms with Crippen molar-refractivity contribution in [1.29, 1.82) is 0 Å². The fraction of sp³-hybridized carbons (Fsp3) is 0.333. The summed E-state index contributed by atoms with van der Waals surface area (Å²) in [5, 5.41) is 7.07. The fourth-order valence-corrected chi connectivity index (χ4v) is 4.38. The molecule has 2 amide bonds. The molecule has 11 heteroatoms. The lowest BCUT2D eigenvalue weighted by Crippen LogP contribution is -2.55. The van der Waals surface area contributed by atoms with Gasteiger partial charge < -0.3 is 24.0 Å². The van der Waals surface area contributed by atoms with Crippen LogP contribution in [0.1, 0.15) is 0 Å². The molecule has 2 aromatic carbocycles. The van der Waals surface area contributed by atoms with Crippen LogP contribution in [0.3, 0.4) is 0 Å². The second-order valence-corrected chi connectivity index (χ2v) is 8.62. The molecule has 0 aliphatic carbocycles. The predicted octanol–water partition coefficient (Wildman–Crippen LogP) is 2.13. The van der Waals surface area contributed by atoms with Crippen molar-refractivity contribution < 1.29 is 23.8 Å². The minimum atomic E-state index is -0.691. The summed E-state index contributed by atoms with van der Waals surface area (Å²) >= 11 is 5.37. The molecule has 2 aliphatic rings. The van der Waals surface area contributed by atoms with Gasteiger partial charge in [-0.1, -0.05) is 12.1 Å². The number of rotatable bonds is 5. The van der Waals surface area contributed by atoms with Crippen LogP contribution in [0.2, 0.25) is 0 Å². The van der Waals surface area contributed by atoms with E-state index in [9.17, 15) is 9.59 Å². The number of aromatic nitrogens is 3. The Balaban J connectivity index is 1.19. The highest BCUT2D eigenvalue weighted by Crippen LogP contribution is 2.31. The molecule has 10 nitrogen and oxygen atoms in total. The molecular formula is C24H25N5O5S. The Morgan fingerprint density at radius 1 is 1.06 bits per heavy atom. The SMILES string of the molecule is COc1ccc(-c2n[nH]c(=S)n2CC(=O)N2CCN(C(=O)C3COc4ccccc4O3)CC2)cc1. The van der Waals surface area contributed by atoms with E-state index < -0.39 is 6.10 Å². The number of fused-ring (bicyclic) bond motifs is 1. The first-order valence-corrected chi connectivity index (χ1v) is 11.7. The zero-order chi connectivity index (χ0) is 24.4. The Hall–Kier alpha value is -3.86. The number of aromatic amines is 1. The molecule has 5 rings (SSSR count). The van der Waals surface area contributed by atoms with Crippen LogP contribution < -0.4 is 14.2 Å². The van der Waals surface area contributed by atoms with E-state index in [1.165, 1.54) is 0 Å². The van der Waals surface area contributed by atoms with Gasteiger partial charge in [-0.15, -0.1) is 0 Å². The number of para-hydroxylation sites is 2. The standard InChI is InChI=1S/C24H25N5O5S/c1-32-17-8-6-16(7-9-17)22-25-26-24(35)29(22)14-21(30)27-10-12-28(13-11-27)23(31)20-15-33-18-4-2-3-5-19(18)34-20/h2-9,20H,10-15H2,1H3,(H,26,35). The summed E-state index contributed by atoms with van der Waals surface area (Å²) in [5.41, 5.74) is 0.817. The summed E-state index contributed by atoms with van der Waals surface area (Å²) in [6, 6.07) is 14.7. The minimum Gasteiger partial charge on any atom is -0.497 e. The van der Waals surface area contributed by atoms with E-state index in [4.69, 9.17) is 26.4 Å². The number of carbonyl (C=O) groups excluding carboxylic acids is 2. The molecule has 1 atom stereocenters. The van der Waals surface area contributed by atoms with Gasteiger partial charge in [-0.05, 0) is 48.6 Å². The highest BCUT2D eigenvalue weighted by atomic mass is 32.1. The van der Waals surface area contributed by atoms with Gasteiger partial charge >= 0.3 is 0 Å². The molecule has 2 aliphatic heterocycles. The lowest BCUT2D eigenvalue weighted by molar-refractivity contribution is -0.146. The van der Waals surface area contributed by atoms with Crippen molar-refractivity contribution in [2.75, 3.05) is 39.9 Å². The average molecular weight is 496 g/mol. The van der Waals surface area contributed by atoms with E-state index in [-0.39, 0.29) is 25.0 Å². The van der Waals surface area contributed by atoms with E-state index in [0.717, 1.165) is 11.3 Å². The summed E-state index contributed by atoms with van der Waals surface area (Å²) in [6.45, 7) is 1.93. The predicted molar refractivity (Wildman–Crippen MR) is 129 cm³/mol. The Bertz CT molecular complexity index is 1280. The van der Waals surface area contributed by atoms with Crippen LogP contribution in [-0.4, -0.2) is 82.4 Å². The van der Waals surface area contributed by atoms with E-state index in [1.54, 1.807) is 27.5 Å². The smallest absolute Gasteiger partial charge is 0.267 e. The number of nitrogens with one attached hydrogen (secondary N) is 1. The van der Waals surface area contributed by atoms with Crippen molar-refractivity contribution in [3.63, 3.8) is 0 Å². The van der Waals surface area contributed by atoms with E-state index in [2.05, 4.69) is 10.2 Å². The van der Waals surface area contributed by atoms with Gasteiger partial charge in [-0.25, -0.2) is 0 Å². The van der Waals surface area contributed by atoms with Crippen molar-refractivity contribution in [3.8, 4) is 28.6 Å². The van der Waals surface area contributed by atoms with Crippen LogP contribution in [-0.2, 0) is 16.1 Å². The molecule has 35 heavy (non-hydrogen) atoms. The maximum Gasteiger partial charge on any atom is 0.267 e. The number of piperazine rings is 1. The Morgan fingerprint density at radius 3 is 2.46 bits per heavy atom. The van der Waals surface area contributed by atoms with Crippen LogP contribution in [0.15, 0.2) is 48.5 Å². The number of hydrogen-bond acceptors (Lipinski definition) is 7. The Labute approximate surface area is 207 Å². The summed E-state index contributed by atoms with van der Waals surface area (Å²) in [4.78, 5) is 29.5. The first-order valence-electron chi connectivity index (χ1n) is 11.3. The van der Waals surface area contributed by atoms with Crippen molar-refractivity contribution in [2.45, 2.75) is 12.6 Å². The molecule has 0 saturated carbocycles. The molecule has 1 N–H and O–H groups in total.